The number of hydrogen-bond donors (Lipinski definition) is 3. The Labute approximate surface area is 207 Å². The predicted octanol–water partition coefficient (Wildman–Crippen LogP) is 6.45. The van der Waals surface area contributed by atoms with E-state index in [1.54, 1.807) is 0 Å². The minimum atomic E-state index is -0.818. The Morgan fingerprint density at radius 1 is 1.00 bits per heavy atom. The Bertz CT molecular complexity index is 828. The topological polar surface area (TPSA) is 77.8 Å². The van der Waals surface area contributed by atoms with Gasteiger partial charge in [0.05, 0.1) is 5.60 Å². The lowest BCUT2D eigenvalue weighted by atomic mass is 9.33. The second-order valence-electron chi connectivity index (χ2n) is 14.3. The van der Waals surface area contributed by atoms with Gasteiger partial charge in [-0.05, 0) is 130 Å². The number of fused-ring (bicyclic) bond motifs is 5. The second-order valence-corrected chi connectivity index (χ2v) is 14.3. The predicted molar refractivity (Wildman–Crippen MR) is 136 cm³/mol. The van der Waals surface area contributed by atoms with E-state index in [9.17, 15) is 20.1 Å². The lowest BCUT2D eigenvalue weighted by Crippen LogP contribution is -2.65. The zero-order valence-corrected chi connectivity index (χ0v) is 22.6. The first-order chi connectivity index (χ1) is 15.7. The summed E-state index contributed by atoms with van der Waals surface area (Å²) in [5.41, 5.74) is 0.581. The van der Waals surface area contributed by atoms with Gasteiger partial charge in [0, 0.05) is 13.0 Å². The lowest BCUT2D eigenvalue weighted by Gasteiger charge is -2.71. The van der Waals surface area contributed by atoms with Crippen molar-refractivity contribution in [3.8, 4) is 0 Å². The van der Waals surface area contributed by atoms with Crippen molar-refractivity contribution in [1.29, 1.82) is 0 Å². The van der Waals surface area contributed by atoms with E-state index >= 15 is 0 Å². The van der Waals surface area contributed by atoms with Gasteiger partial charge in [0.25, 0.3) is 0 Å². The normalized spacial score (nSPS) is 48.5. The van der Waals surface area contributed by atoms with Gasteiger partial charge >= 0.3 is 5.97 Å². The number of carboxylic acids is 1. The van der Waals surface area contributed by atoms with Crippen molar-refractivity contribution in [3.63, 3.8) is 0 Å². The molecule has 0 aliphatic heterocycles. The van der Waals surface area contributed by atoms with Crippen LogP contribution in [0.5, 0.6) is 0 Å². The summed E-state index contributed by atoms with van der Waals surface area (Å²) in [5.74, 6) is 1.35. The van der Waals surface area contributed by atoms with E-state index in [2.05, 4.69) is 34.3 Å². The number of aliphatic hydroxyl groups excluding tert-OH is 1. The van der Waals surface area contributed by atoms with Gasteiger partial charge in [0.15, 0.2) is 0 Å². The Hall–Kier alpha value is -0.870. The van der Waals surface area contributed by atoms with Gasteiger partial charge in [0.1, 0.15) is 0 Å². The first-order valence-electron chi connectivity index (χ1n) is 13.9. The summed E-state index contributed by atoms with van der Waals surface area (Å²) in [5, 5.41) is 31.4. The van der Waals surface area contributed by atoms with Gasteiger partial charge in [-0.25, -0.2) is 0 Å². The van der Waals surface area contributed by atoms with Gasteiger partial charge < -0.3 is 15.3 Å². The minimum Gasteiger partial charge on any atom is -0.481 e. The molecule has 0 aromatic carbocycles. The Morgan fingerprint density at radius 2 is 1.68 bits per heavy atom. The zero-order chi connectivity index (χ0) is 25.3. The molecule has 4 nitrogen and oxygen atoms in total. The molecule has 4 aliphatic rings. The maximum Gasteiger partial charge on any atom is 0.303 e. The first-order valence-corrected chi connectivity index (χ1v) is 13.9. The highest BCUT2D eigenvalue weighted by atomic mass is 16.4. The third-order valence-corrected chi connectivity index (χ3v) is 12.6. The molecule has 0 heterocycles. The molecular formula is C30H50O4. The third-order valence-electron chi connectivity index (χ3n) is 12.6. The molecule has 0 spiro atoms. The maximum absolute atomic E-state index is 11.7. The summed E-state index contributed by atoms with van der Waals surface area (Å²) < 4.78 is 0. The van der Waals surface area contributed by atoms with Crippen LogP contribution in [0.2, 0.25) is 0 Å². The molecular weight excluding hydrogens is 424 g/mol. The maximum atomic E-state index is 11.7. The van der Waals surface area contributed by atoms with Gasteiger partial charge in [-0.15, -0.1) is 0 Å². The monoisotopic (exact) mass is 474 g/mol. The van der Waals surface area contributed by atoms with Crippen LogP contribution in [-0.2, 0) is 4.79 Å². The quantitative estimate of drug-likeness (QED) is 0.386. The summed E-state index contributed by atoms with van der Waals surface area (Å²) in [6, 6.07) is 0. The van der Waals surface area contributed by atoms with Crippen molar-refractivity contribution in [2.24, 2.45) is 51.2 Å². The van der Waals surface area contributed by atoms with Crippen molar-refractivity contribution in [3.05, 3.63) is 12.2 Å². The molecule has 0 bridgehead atoms. The van der Waals surface area contributed by atoms with E-state index in [1.165, 1.54) is 5.57 Å². The van der Waals surface area contributed by atoms with Gasteiger partial charge in [0.2, 0.25) is 0 Å². The first kappa shape index (κ1) is 26.2. The molecule has 0 aromatic rings. The summed E-state index contributed by atoms with van der Waals surface area (Å²) in [4.78, 5) is 11.7. The van der Waals surface area contributed by atoms with E-state index in [0.717, 1.165) is 51.4 Å². The minimum absolute atomic E-state index is 0.0495. The summed E-state index contributed by atoms with van der Waals surface area (Å²) >= 11 is 0. The van der Waals surface area contributed by atoms with E-state index in [1.807, 2.05) is 13.8 Å². The number of hydrogen-bond acceptors (Lipinski definition) is 3. The largest absolute Gasteiger partial charge is 0.481 e. The van der Waals surface area contributed by atoms with Crippen molar-refractivity contribution >= 4 is 5.97 Å². The van der Waals surface area contributed by atoms with Crippen LogP contribution in [0.25, 0.3) is 0 Å². The molecule has 0 aromatic heterocycles. The van der Waals surface area contributed by atoms with Crippen molar-refractivity contribution in [2.45, 2.75) is 111 Å². The molecule has 34 heavy (non-hydrogen) atoms. The molecule has 0 unspecified atom stereocenters. The van der Waals surface area contributed by atoms with Crippen LogP contribution in [0.1, 0.15) is 106 Å². The van der Waals surface area contributed by atoms with Crippen LogP contribution in [0.4, 0.5) is 0 Å². The fraction of sp³-hybridized carbons (Fsp3) is 0.900. The lowest BCUT2D eigenvalue weighted by molar-refractivity contribution is -0.238. The highest BCUT2D eigenvalue weighted by molar-refractivity contribution is 5.66. The fourth-order valence-electron chi connectivity index (χ4n) is 10.8. The molecule has 4 aliphatic carbocycles. The number of rotatable bonds is 6. The molecule has 0 saturated heterocycles. The second kappa shape index (κ2) is 8.33. The van der Waals surface area contributed by atoms with Crippen molar-refractivity contribution in [1.82, 2.24) is 0 Å². The Balaban J connectivity index is 1.77. The number of carbonyl (C=O) groups is 1. The zero-order valence-electron chi connectivity index (χ0n) is 22.6. The van der Waals surface area contributed by atoms with Crippen molar-refractivity contribution < 1.29 is 20.1 Å². The van der Waals surface area contributed by atoms with E-state index in [0.29, 0.717) is 36.7 Å². The summed E-state index contributed by atoms with van der Waals surface area (Å²) in [6.45, 7) is 18.1. The van der Waals surface area contributed by atoms with E-state index in [4.69, 9.17) is 0 Å². The van der Waals surface area contributed by atoms with Gasteiger partial charge in [-0.1, -0.05) is 32.9 Å². The smallest absolute Gasteiger partial charge is 0.303 e. The number of aliphatic carboxylic acids is 1. The molecule has 0 radical (unpaired) electrons. The average Bonchev–Trinajstić information content (AvgIpc) is 3.12. The third kappa shape index (κ3) is 3.56. The molecule has 0 amide bonds. The summed E-state index contributed by atoms with van der Waals surface area (Å²) in [6.07, 6.45) is 9.61. The Kier molecular flexibility index (Phi) is 6.42. The van der Waals surface area contributed by atoms with Gasteiger partial charge in [-0.3, -0.25) is 4.79 Å². The molecule has 194 valence electrons. The van der Waals surface area contributed by atoms with Crippen LogP contribution >= 0.6 is 0 Å². The van der Waals surface area contributed by atoms with E-state index in [-0.39, 0.29) is 34.0 Å². The SMILES string of the molecule is C=C(C)[C@@H]1CC[C@]2(CO)CC[C@]3(C)[C@H](CC[C@@H]4[C@@](C)(CCC(=O)O)[C@H](C(C)(C)O)CC[C@]43C)[C@@H]12. The molecule has 3 N–H and O–H groups in total. The average molecular weight is 475 g/mol. The number of allylic oxidation sites excluding steroid dienone is 1. The fourth-order valence-corrected chi connectivity index (χ4v) is 10.8. The molecule has 4 fully saturated rings. The number of aliphatic hydroxyl groups is 2. The van der Waals surface area contributed by atoms with Crippen LogP contribution in [-0.4, -0.2) is 33.5 Å². The number of carboxylic acid groups (broad SMARTS) is 1. The molecule has 4 saturated carbocycles. The van der Waals surface area contributed by atoms with Crippen LogP contribution in [0.3, 0.4) is 0 Å². The van der Waals surface area contributed by atoms with Crippen LogP contribution < -0.4 is 0 Å². The molecule has 4 heteroatoms. The van der Waals surface area contributed by atoms with Crippen LogP contribution in [0, 0.1) is 51.2 Å². The van der Waals surface area contributed by atoms with Crippen molar-refractivity contribution in [2.75, 3.05) is 6.61 Å². The summed E-state index contributed by atoms with van der Waals surface area (Å²) in [7, 11) is 0. The standard InChI is InChI=1S/C30H50O4/c1-19(2)20-10-15-30(18-31)17-16-28(6)21(25(20)30)8-9-23-27(5,13-12-24(32)33)22(26(3,4)34)11-14-29(23,28)7/h20-23,25,31,34H,1,8-18H2,2-7H3,(H,32,33)/t20-,21+,22-,23+,25+,27-,28+,29+,30+/m0/s1. The molecule has 9 atom stereocenters. The van der Waals surface area contributed by atoms with E-state index < -0.39 is 11.6 Å². The van der Waals surface area contributed by atoms with Crippen LogP contribution in [0.15, 0.2) is 12.2 Å². The highest BCUT2D eigenvalue weighted by Gasteiger charge is 2.69. The highest BCUT2D eigenvalue weighted by Crippen LogP contribution is 2.76. The molecule has 4 rings (SSSR count). The Morgan fingerprint density at radius 3 is 2.24 bits per heavy atom. The van der Waals surface area contributed by atoms with Gasteiger partial charge in [-0.2, -0.15) is 0 Å².